The molecule has 0 aromatic heterocycles. The molecule has 0 spiro atoms. The van der Waals surface area contributed by atoms with Gasteiger partial charge in [0.15, 0.2) is 0 Å². The number of hydrogen-bond acceptors (Lipinski definition) is 1. The average Bonchev–Trinajstić information content (AvgIpc) is 2.35. The van der Waals surface area contributed by atoms with Crippen LogP contribution < -0.4 is 0 Å². The summed E-state index contributed by atoms with van der Waals surface area (Å²) in [5.74, 6) is -0.122. The van der Waals surface area contributed by atoms with Crippen molar-refractivity contribution in [1.29, 1.82) is 0 Å². The maximum Gasteiger partial charge on any atom is 0.142 e. The molecule has 1 aliphatic heterocycles. The molecule has 0 atom stereocenters. The van der Waals surface area contributed by atoms with Gasteiger partial charge in [0.2, 0.25) is 0 Å². The fourth-order valence-corrected chi connectivity index (χ4v) is 2.13. The second-order valence-electron chi connectivity index (χ2n) is 3.69. The van der Waals surface area contributed by atoms with Gasteiger partial charge in [0.25, 0.3) is 0 Å². The lowest BCUT2D eigenvalue weighted by Crippen LogP contribution is -2.14. The number of benzene rings is 1. The molecule has 13 heavy (non-hydrogen) atoms. The lowest BCUT2D eigenvalue weighted by Gasteiger charge is -2.17. The first kappa shape index (κ1) is 9.40. The molecule has 0 saturated carbocycles. The molecular weight excluding hydrogens is 282 g/mol. The summed E-state index contributed by atoms with van der Waals surface area (Å²) in [6, 6.07) is 3.75. The molecule has 1 heterocycles. The van der Waals surface area contributed by atoms with E-state index in [9.17, 15) is 4.39 Å². The Morgan fingerprint density at radius 1 is 1.46 bits per heavy atom. The van der Waals surface area contributed by atoms with Crippen LogP contribution in [0.15, 0.2) is 12.1 Å². The molecule has 0 N–H and O–H groups in total. The van der Waals surface area contributed by atoms with E-state index < -0.39 is 0 Å². The fourth-order valence-electron chi connectivity index (χ4n) is 1.63. The molecule has 1 nitrogen and oxygen atoms in total. The quantitative estimate of drug-likeness (QED) is 0.667. The van der Waals surface area contributed by atoms with Gasteiger partial charge in [-0.2, -0.15) is 0 Å². The average molecular weight is 292 g/mol. The van der Waals surface area contributed by atoms with E-state index in [0.717, 1.165) is 11.1 Å². The molecule has 0 radical (unpaired) electrons. The molecule has 1 aliphatic rings. The lowest BCUT2D eigenvalue weighted by molar-refractivity contribution is -0.00828. The summed E-state index contributed by atoms with van der Waals surface area (Å²) in [5, 5.41) is 0. The van der Waals surface area contributed by atoms with Crippen LogP contribution in [0.25, 0.3) is 0 Å². The van der Waals surface area contributed by atoms with Crippen LogP contribution in [0.5, 0.6) is 0 Å². The van der Waals surface area contributed by atoms with Gasteiger partial charge in [-0.25, -0.2) is 4.39 Å². The van der Waals surface area contributed by atoms with Crippen LogP contribution >= 0.6 is 22.6 Å². The van der Waals surface area contributed by atoms with Crippen LogP contribution in [0.4, 0.5) is 4.39 Å². The molecular formula is C10H10FIO. The van der Waals surface area contributed by atoms with Crippen LogP contribution in [0.2, 0.25) is 0 Å². The highest BCUT2D eigenvalue weighted by molar-refractivity contribution is 14.1. The number of halogens is 2. The Balaban J connectivity index is 2.64. The van der Waals surface area contributed by atoms with Crippen LogP contribution in [0.1, 0.15) is 25.0 Å². The Bertz CT molecular complexity index is 360. The van der Waals surface area contributed by atoms with Gasteiger partial charge in [0.1, 0.15) is 5.82 Å². The van der Waals surface area contributed by atoms with Crippen molar-refractivity contribution in [2.75, 3.05) is 0 Å². The van der Waals surface area contributed by atoms with E-state index in [0.29, 0.717) is 10.2 Å². The summed E-state index contributed by atoms with van der Waals surface area (Å²) in [6.45, 7) is 4.32. The van der Waals surface area contributed by atoms with Gasteiger partial charge in [0, 0.05) is 9.13 Å². The van der Waals surface area contributed by atoms with Crippen molar-refractivity contribution in [2.45, 2.75) is 26.1 Å². The molecule has 70 valence electrons. The van der Waals surface area contributed by atoms with Gasteiger partial charge in [-0.3, -0.25) is 0 Å². The van der Waals surface area contributed by atoms with Crippen LogP contribution in [0, 0.1) is 9.39 Å². The minimum atomic E-state index is -0.333. The second-order valence-corrected chi connectivity index (χ2v) is 4.85. The van der Waals surface area contributed by atoms with Crippen molar-refractivity contribution in [3.05, 3.63) is 32.6 Å². The number of fused-ring (bicyclic) bond motifs is 1. The Morgan fingerprint density at radius 2 is 2.15 bits per heavy atom. The molecule has 0 aliphatic carbocycles. The van der Waals surface area contributed by atoms with Crippen molar-refractivity contribution >= 4 is 22.6 Å². The molecule has 0 saturated heterocycles. The fraction of sp³-hybridized carbons (Fsp3) is 0.400. The number of hydrogen-bond donors (Lipinski definition) is 0. The van der Waals surface area contributed by atoms with E-state index in [4.69, 9.17) is 4.74 Å². The topological polar surface area (TPSA) is 9.23 Å². The highest BCUT2D eigenvalue weighted by Gasteiger charge is 2.33. The first-order valence-corrected chi connectivity index (χ1v) is 5.21. The van der Waals surface area contributed by atoms with Crippen LogP contribution in [-0.2, 0) is 16.9 Å². The minimum absolute atomic E-state index is 0.122. The van der Waals surface area contributed by atoms with Crippen molar-refractivity contribution in [1.82, 2.24) is 0 Å². The molecule has 0 bridgehead atoms. The summed E-state index contributed by atoms with van der Waals surface area (Å²) in [7, 11) is 0. The summed E-state index contributed by atoms with van der Waals surface area (Å²) >= 11 is 2.00. The maximum atomic E-state index is 13.6. The van der Waals surface area contributed by atoms with Crippen molar-refractivity contribution in [3.8, 4) is 0 Å². The van der Waals surface area contributed by atoms with Crippen molar-refractivity contribution < 1.29 is 9.13 Å². The van der Waals surface area contributed by atoms with E-state index in [2.05, 4.69) is 0 Å². The number of rotatable bonds is 0. The van der Waals surface area contributed by atoms with E-state index in [1.165, 1.54) is 0 Å². The van der Waals surface area contributed by atoms with Gasteiger partial charge >= 0.3 is 0 Å². The Labute approximate surface area is 90.4 Å². The van der Waals surface area contributed by atoms with Gasteiger partial charge in [-0.15, -0.1) is 0 Å². The third-order valence-corrected chi connectivity index (χ3v) is 3.26. The summed E-state index contributed by atoms with van der Waals surface area (Å²) < 4.78 is 19.7. The first-order valence-electron chi connectivity index (χ1n) is 4.14. The largest absolute Gasteiger partial charge is 0.366 e. The zero-order valence-electron chi connectivity index (χ0n) is 7.53. The molecule has 0 fully saturated rings. The Hall–Kier alpha value is -0.160. The summed E-state index contributed by atoms with van der Waals surface area (Å²) in [4.78, 5) is 0. The van der Waals surface area contributed by atoms with Gasteiger partial charge in [0.05, 0.1) is 12.2 Å². The third-order valence-electron chi connectivity index (χ3n) is 2.42. The third kappa shape index (κ3) is 1.38. The predicted molar refractivity (Wildman–Crippen MR) is 56.9 cm³/mol. The van der Waals surface area contributed by atoms with E-state index in [1.54, 1.807) is 6.07 Å². The predicted octanol–water partition coefficient (Wildman–Crippen LogP) is 3.20. The second kappa shape index (κ2) is 2.92. The Morgan fingerprint density at radius 3 is 2.85 bits per heavy atom. The van der Waals surface area contributed by atoms with Crippen LogP contribution in [-0.4, -0.2) is 0 Å². The normalized spacial score (nSPS) is 18.8. The zero-order valence-corrected chi connectivity index (χ0v) is 9.68. The summed E-state index contributed by atoms with van der Waals surface area (Å²) in [5.41, 5.74) is 1.36. The smallest absolute Gasteiger partial charge is 0.142 e. The molecule has 1 aromatic rings. The van der Waals surface area contributed by atoms with E-state index >= 15 is 0 Å². The minimum Gasteiger partial charge on any atom is -0.366 e. The standard InChI is InChI=1S/C10H10FIO/c1-10(2)7-3-4-8(12)9(11)6(7)5-13-10/h3-4H,5H2,1-2H3. The van der Waals surface area contributed by atoms with E-state index in [-0.39, 0.29) is 11.4 Å². The highest BCUT2D eigenvalue weighted by atomic mass is 127. The van der Waals surface area contributed by atoms with Crippen LogP contribution in [0.3, 0.4) is 0 Å². The van der Waals surface area contributed by atoms with Crippen molar-refractivity contribution in [2.24, 2.45) is 0 Å². The van der Waals surface area contributed by atoms with Gasteiger partial charge in [-0.1, -0.05) is 6.07 Å². The molecule has 0 amide bonds. The molecule has 2 rings (SSSR count). The number of ether oxygens (including phenoxy) is 1. The monoisotopic (exact) mass is 292 g/mol. The molecule has 3 heteroatoms. The van der Waals surface area contributed by atoms with Crippen molar-refractivity contribution in [3.63, 3.8) is 0 Å². The summed E-state index contributed by atoms with van der Waals surface area (Å²) in [6.07, 6.45) is 0. The molecule has 1 aromatic carbocycles. The highest BCUT2D eigenvalue weighted by Crippen LogP contribution is 2.37. The van der Waals surface area contributed by atoms with Gasteiger partial charge < -0.3 is 4.74 Å². The zero-order chi connectivity index (χ0) is 9.64. The Kier molecular flexibility index (Phi) is 2.11. The van der Waals surface area contributed by atoms with Gasteiger partial charge in [-0.05, 0) is 48.1 Å². The SMILES string of the molecule is CC1(C)OCc2c1ccc(I)c2F. The maximum absolute atomic E-state index is 13.6. The molecule has 0 unspecified atom stereocenters. The first-order chi connectivity index (χ1) is 6.02. The lowest BCUT2D eigenvalue weighted by atomic mass is 9.96. The van der Waals surface area contributed by atoms with E-state index in [1.807, 2.05) is 42.5 Å².